The maximum absolute atomic E-state index is 8.36. The standard InChI is InChI=1S/C14H29N.C4H10O/c1-5-6-7-8-9-14-13(4)10-11-15(14)12(2)3;1-3-4(2)5/h12-14H,5-11H2,1-4H3;4-5H,3H2,1-2H3. The van der Waals surface area contributed by atoms with Crippen LogP contribution in [0.5, 0.6) is 0 Å². The van der Waals surface area contributed by atoms with Gasteiger partial charge in [-0.15, -0.1) is 0 Å². The second-order valence-corrected chi connectivity index (χ2v) is 6.77. The van der Waals surface area contributed by atoms with E-state index in [1.807, 2.05) is 6.92 Å². The van der Waals surface area contributed by atoms with Gasteiger partial charge in [-0.2, -0.15) is 0 Å². The molecule has 0 radical (unpaired) electrons. The molecule has 0 aromatic carbocycles. The average molecular weight is 286 g/mol. The molecule has 2 heteroatoms. The van der Waals surface area contributed by atoms with Gasteiger partial charge in [0.1, 0.15) is 0 Å². The van der Waals surface area contributed by atoms with Crippen molar-refractivity contribution in [2.45, 2.75) is 105 Å². The highest BCUT2D eigenvalue weighted by Gasteiger charge is 2.31. The van der Waals surface area contributed by atoms with E-state index in [1.54, 1.807) is 6.92 Å². The van der Waals surface area contributed by atoms with Gasteiger partial charge in [0.25, 0.3) is 0 Å². The molecule has 0 bridgehead atoms. The van der Waals surface area contributed by atoms with Crippen molar-refractivity contribution in [1.82, 2.24) is 4.90 Å². The third-order valence-electron chi connectivity index (χ3n) is 4.53. The van der Waals surface area contributed by atoms with Crippen molar-refractivity contribution in [3.8, 4) is 0 Å². The summed E-state index contributed by atoms with van der Waals surface area (Å²) in [6.07, 6.45) is 9.24. The number of aliphatic hydroxyl groups excluding tert-OH is 1. The van der Waals surface area contributed by atoms with Crippen LogP contribution >= 0.6 is 0 Å². The molecule has 1 saturated heterocycles. The summed E-state index contributed by atoms with van der Waals surface area (Å²) in [5, 5.41) is 8.36. The quantitative estimate of drug-likeness (QED) is 0.676. The molecule has 2 nitrogen and oxygen atoms in total. The van der Waals surface area contributed by atoms with Crippen LogP contribution in [0.25, 0.3) is 0 Å². The summed E-state index contributed by atoms with van der Waals surface area (Å²) in [6.45, 7) is 14.5. The fraction of sp³-hybridized carbons (Fsp3) is 1.00. The molecule has 0 amide bonds. The van der Waals surface area contributed by atoms with Crippen molar-refractivity contribution in [2.24, 2.45) is 5.92 Å². The number of nitrogens with zero attached hydrogens (tertiary/aromatic N) is 1. The SMILES string of the molecule is CCC(C)O.CCCCCCC1C(C)CCN1C(C)C. The molecule has 0 saturated carbocycles. The summed E-state index contributed by atoms with van der Waals surface area (Å²) in [5.74, 6) is 0.925. The van der Waals surface area contributed by atoms with Crippen LogP contribution in [0.3, 0.4) is 0 Å². The molecule has 1 heterocycles. The molecule has 0 spiro atoms. The lowest BCUT2D eigenvalue weighted by Crippen LogP contribution is -2.37. The largest absolute Gasteiger partial charge is 0.393 e. The minimum absolute atomic E-state index is 0.116. The van der Waals surface area contributed by atoms with Crippen LogP contribution in [0.4, 0.5) is 0 Å². The highest BCUT2D eigenvalue weighted by atomic mass is 16.3. The topological polar surface area (TPSA) is 23.5 Å². The molecular weight excluding hydrogens is 246 g/mol. The van der Waals surface area contributed by atoms with E-state index in [0.29, 0.717) is 0 Å². The Morgan fingerprint density at radius 2 is 1.70 bits per heavy atom. The highest BCUT2D eigenvalue weighted by molar-refractivity contribution is 4.86. The first kappa shape index (κ1) is 19.9. The Morgan fingerprint density at radius 1 is 1.10 bits per heavy atom. The lowest BCUT2D eigenvalue weighted by atomic mass is 9.96. The second-order valence-electron chi connectivity index (χ2n) is 6.77. The average Bonchev–Trinajstić information content (AvgIpc) is 2.77. The Morgan fingerprint density at radius 3 is 2.15 bits per heavy atom. The number of likely N-dealkylation sites (tertiary alicyclic amines) is 1. The van der Waals surface area contributed by atoms with Crippen LogP contribution < -0.4 is 0 Å². The zero-order valence-corrected chi connectivity index (χ0v) is 14.9. The summed E-state index contributed by atoms with van der Waals surface area (Å²) in [4.78, 5) is 2.72. The fourth-order valence-electron chi connectivity index (χ4n) is 2.91. The molecule has 20 heavy (non-hydrogen) atoms. The molecule has 3 atom stereocenters. The summed E-state index contributed by atoms with van der Waals surface area (Å²) < 4.78 is 0. The second kappa shape index (κ2) is 11.6. The molecule has 0 aromatic heterocycles. The van der Waals surface area contributed by atoms with Crippen LogP contribution in [-0.4, -0.2) is 34.7 Å². The lowest BCUT2D eigenvalue weighted by Gasteiger charge is -2.30. The molecule has 1 rings (SSSR count). The molecule has 0 aliphatic carbocycles. The first-order chi connectivity index (χ1) is 9.43. The Hall–Kier alpha value is -0.0800. The minimum atomic E-state index is -0.116. The van der Waals surface area contributed by atoms with Crippen LogP contribution in [-0.2, 0) is 0 Å². The highest BCUT2D eigenvalue weighted by Crippen LogP contribution is 2.29. The molecule has 1 N–H and O–H groups in total. The van der Waals surface area contributed by atoms with Crippen molar-refractivity contribution in [3.05, 3.63) is 0 Å². The third-order valence-corrected chi connectivity index (χ3v) is 4.53. The predicted octanol–water partition coefficient (Wildman–Crippen LogP) is 4.85. The predicted molar refractivity (Wildman–Crippen MR) is 90.1 cm³/mol. The summed E-state index contributed by atoms with van der Waals surface area (Å²) in [6, 6.07) is 1.62. The monoisotopic (exact) mass is 285 g/mol. The smallest absolute Gasteiger partial charge is 0.0509 e. The van der Waals surface area contributed by atoms with E-state index in [4.69, 9.17) is 5.11 Å². The number of hydrogen-bond donors (Lipinski definition) is 1. The van der Waals surface area contributed by atoms with E-state index in [2.05, 4.69) is 32.6 Å². The van der Waals surface area contributed by atoms with Gasteiger partial charge in [-0.25, -0.2) is 0 Å². The van der Waals surface area contributed by atoms with Gasteiger partial charge >= 0.3 is 0 Å². The number of unbranched alkanes of at least 4 members (excludes halogenated alkanes) is 3. The zero-order chi connectivity index (χ0) is 15.5. The van der Waals surface area contributed by atoms with Crippen LogP contribution in [0, 0.1) is 5.92 Å². The van der Waals surface area contributed by atoms with E-state index < -0.39 is 0 Å². The Kier molecular flexibility index (Phi) is 11.5. The van der Waals surface area contributed by atoms with Crippen molar-refractivity contribution in [1.29, 1.82) is 0 Å². The van der Waals surface area contributed by atoms with Gasteiger partial charge in [-0.05, 0) is 52.5 Å². The lowest BCUT2D eigenvalue weighted by molar-refractivity contribution is 0.173. The molecule has 3 unspecified atom stereocenters. The van der Waals surface area contributed by atoms with Crippen molar-refractivity contribution in [2.75, 3.05) is 6.54 Å². The molecule has 1 fully saturated rings. The van der Waals surface area contributed by atoms with Crippen molar-refractivity contribution < 1.29 is 5.11 Å². The van der Waals surface area contributed by atoms with Crippen LogP contribution in [0.1, 0.15) is 86.5 Å². The first-order valence-corrected chi connectivity index (χ1v) is 8.87. The first-order valence-electron chi connectivity index (χ1n) is 8.87. The summed E-state index contributed by atoms with van der Waals surface area (Å²) in [5.41, 5.74) is 0. The molecule has 1 aliphatic rings. The Balaban J connectivity index is 0.000000621. The zero-order valence-electron chi connectivity index (χ0n) is 14.9. The van der Waals surface area contributed by atoms with E-state index >= 15 is 0 Å². The maximum atomic E-state index is 8.36. The number of aliphatic hydroxyl groups is 1. The Bertz CT molecular complexity index is 215. The van der Waals surface area contributed by atoms with Crippen molar-refractivity contribution in [3.63, 3.8) is 0 Å². The minimum Gasteiger partial charge on any atom is -0.393 e. The van der Waals surface area contributed by atoms with E-state index in [-0.39, 0.29) is 6.10 Å². The Labute approximate surface area is 127 Å². The van der Waals surface area contributed by atoms with Gasteiger partial charge in [-0.1, -0.05) is 46.5 Å². The molecule has 1 aliphatic heterocycles. The van der Waals surface area contributed by atoms with Gasteiger partial charge in [-0.3, -0.25) is 4.90 Å². The normalized spacial score (nSPS) is 24.6. The maximum Gasteiger partial charge on any atom is 0.0509 e. The van der Waals surface area contributed by atoms with Gasteiger partial charge < -0.3 is 5.11 Å². The van der Waals surface area contributed by atoms with E-state index in [9.17, 15) is 0 Å². The van der Waals surface area contributed by atoms with Gasteiger partial charge in [0.05, 0.1) is 6.10 Å². The third kappa shape index (κ3) is 8.26. The molecule has 0 aromatic rings. The number of hydrogen-bond acceptors (Lipinski definition) is 2. The van der Waals surface area contributed by atoms with Crippen LogP contribution in [0.15, 0.2) is 0 Å². The van der Waals surface area contributed by atoms with Gasteiger partial charge in [0.15, 0.2) is 0 Å². The van der Waals surface area contributed by atoms with E-state index in [0.717, 1.165) is 24.4 Å². The molecular formula is C18H39NO. The van der Waals surface area contributed by atoms with E-state index in [1.165, 1.54) is 45.1 Å². The summed E-state index contributed by atoms with van der Waals surface area (Å²) in [7, 11) is 0. The summed E-state index contributed by atoms with van der Waals surface area (Å²) >= 11 is 0. The van der Waals surface area contributed by atoms with Crippen molar-refractivity contribution >= 4 is 0 Å². The van der Waals surface area contributed by atoms with Crippen LogP contribution in [0.2, 0.25) is 0 Å². The van der Waals surface area contributed by atoms with Gasteiger partial charge in [0, 0.05) is 12.1 Å². The van der Waals surface area contributed by atoms with Gasteiger partial charge in [0.2, 0.25) is 0 Å². The fourth-order valence-corrected chi connectivity index (χ4v) is 2.91. The number of rotatable bonds is 7. The molecule has 122 valence electrons.